The van der Waals surface area contributed by atoms with Gasteiger partial charge in [0.05, 0.1) is 12.1 Å². The summed E-state index contributed by atoms with van der Waals surface area (Å²) in [5, 5.41) is 10.2. The summed E-state index contributed by atoms with van der Waals surface area (Å²) < 4.78 is 7.06. The van der Waals surface area contributed by atoms with Crippen molar-refractivity contribution in [3.8, 4) is 23.0 Å². The maximum absolute atomic E-state index is 12.8. The van der Waals surface area contributed by atoms with Crippen LogP contribution in [0.1, 0.15) is 0 Å². The summed E-state index contributed by atoms with van der Waals surface area (Å²) in [5.41, 5.74) is 1.85. The lowest BCUT2D eigenvalue weighted by Crippen LogP contribution is -2.49. The molecule has 0 saturated carbocycles. The van der Waals surface area contributed by atoms with E-state index >= 15 is 0 Å². The number of amides is 1. The lowest BCUT2D eigenvalue weighted by atomic mass is 10.2. The van der Waals surface area contributed by atoms with Gasteiger partial charge in [-0.1, -0.05) is 11.6 Å². The second-order valence-electron chi connectivity index (χ2n) is 6.72. The largest absolute Gasteiger partial charge is 0.495 e. The molecule has 7 nitrogen and oxygen atoms in total. The number of pyridine rings is 1. The Kier molecular flexibility index (Phi) is 5.00. The molecule has 0 radical (unpaired) electrons. The normalized spacial score (nSPS) is 14.5. The van der Waals surface area contributed by atoms with Gasteiger partial charge in [0.2, 0.25) is 11.8 Å². The molecule has 1 N–H and O–H groups in total. The van der Waals surface area contributed by atoms with Crippen LogP contribution in [0.5, 0.6) is 11.6 Å². The van der Waals surface area contributed by atoms with Gasteiger partial charge in [-0.15, -0.1) is 0 Å². The third kappa shape index (κ3) is 3.57. The summed E-state index contributed by atoms with van der Waals surface area (Å²) in [6.07, 6.45) is 1.81. The van der Waals surface area contributed by atoms with E-state index in [-0.39, 0.29) is 18.3 Å². The molecule has 3 aliphatic heterocycles. The number of aromatic nitrogens is 2. The van der Waals surface area contributed by atoms with Crippen molar-refractivity contribution in [3.05, 3.63) is 47.6 Å². The fraction of sp³-hybridized carbons (Fsp3) is 0.300. The van der Waals surface area contributed by atoms with Gasteiger partial charge in [-0.05, 0) is 24.3 Å². The van der Waals surface area contributed by atoms with Crippen LogP contribution in [0, 0.1) is 0 Å². The molecule has 0 aromatic heterocycles. The van der Waals surface area contributed by atoms with E-state index in [0.29, 0.717) is 29.7 Å². The van der Waals surface area contributed by atoms with E-state index in [2.05, 4.69) is 9.88 Å². The van der Waals surface area contributed by atoms with Gasteiger partial charge in [0.15, 0.2) is 0 Å². The van der Waals surface area contributed by atoms with Gasteiger partial charge in [-0.2, -0.15) is 4.98 Å². The molecule has 1 saturated heterocycles. The zero-order chi connectivity index (χ0) is 19.7. The topological polar surface area (TPSA) is 70.8 Å². The Labute approximate surface area is 168 Å². The number of nitrogens with zero attached hydrogens (tertiary/aromatic N) is 4. The van der Waals surface area contributed by atoms with E-state index < -0.39 is 0 Å². The van der Waals surface area contributed by atoms with E-state index in [4.69, 9.17) is 16.3 Å². The number of hydrogen-bond donors (Lipinski definition) is 1. The average Bonchev–Trinajstić information content (AvgIpc) is 3.10. The Morgan fingerprint density at radius 3 is 2.75 bits per heavy atom. The summed E-state index contributed by atoms with van der Waals surface area (Å²) in [6, 6.07) is 11.0. The van der Waals surface area contributed by atoms with Gasteiger partial charge in [0, 0.05) is 55.8 Å². The van der Waals surface area contributed by atoms with Crippen molar-refractivity contribution < 1.29 is 14.6 Å². The fourth-order valence-electron chi connectivity index (χ4n) is 3.52. The summed E-state index contributed by atoms with van der Waals surface area (Å²) >= 11 is 6.10. The molecule has 28 heavy (non-hydrogen) atoms. The molecule has 0 aliphatic carbocycles. The summed E-state index contributed by atoms with van der Waals surface area (Å²) in [4.78, 5) is 20.9. The molecule has 146 valence electrons. The van der Waals surface area contributed by atoms with E-state index in [1.807, 2.05) is 41.4 Å². The smallest absolute Gasteiger partial charge is 0.242 e. The first-order valence-corrected chi connectivity index (χ1v) is 9.44. The van der Waals surface area contributed by atoms with Gasteiger partial charge in [0.25, 0.3) is 0 Å². The number of hydrogen-bond acceptors (Lipinski definition) is 5. The van der Waals surface area contributed by atoms with Gasteiger partial charge >= 0.3 is 0 Å². The second kappa shape index (κ2) is 7.59. The van der Waals surface area contributed by atoms with Crippen LogP contribution >= 0.6 is 11.6 Å². The fourth-order valence-corrected chi connectivity index (χ4v) is 3.71. The molecule has 0 atom stereocenters. The number of rotatable bonds is 4. The first-order chi connectivity index (χ1) is 13.5. The molecule has 0 unspecified atom stereocenters. The van der Waals surface area contributed by atoms with E-state index in [0.717, 1.165) is 24.3 Å². The molecule has 1 amide bonds. The molecule has 3 aliphatic rings. The Morgan fingerprint density at radius 2 is 2.00 bits per heavy atom. The predicted molar refractivity (Wildman–Crippen MR) is 107 cm³/mol. The predicted octanol–water partition coefficient (Wildman–Crippen LogP) is 2.70. The van der Waals surface area contributed by atoms with Crippen molar-refractivity contribution in [2.24, 2.45) is 0 Å². The number of anilines is 1. The number of fused-ring (bicyclic) bond motifs is 1. The molecule has 1 aromatic carbocycles. The van der Waals surface area contributed by atoms with Crippen LogP contribution in [0.3, 0.4) is 0 Å². The average molecular weight is 401 g/mol. The highest BCUT2D eigenvalue weighted by atomic mass is 35.5. The first-order valence-electron chi connectivity index (χ1n) is 9.06. The molecular weight excluding hydrogens is 380 g/mol. The number of benzene rings is 1. The highest BCUT2D eigenvalue weighted by Crippen LogP contribution is 2.30. The minimum Gasteiger partial charge on any atom is -0.495 e. The van der Waals surface area contributed by atoms with Crippen LogP contribution in [0.25, 0.3) is 11.4 Å². The van der Waals surface area contributed by atoms with Gasteiger partial charge in [0.1, 0.15) is 18.1 Å². The second-order valence-corrected chi connectivity index (χ2v) is 7.12. The third-order valence-corrected chi connectivity index (χ3v) is 5.33. The minimum atomic E-state index is -0.0330. The quantitative estimate of drug-likeness (QED) is 0.729. The van der Waals surface area contributed by atoms with Crippen LogP contribution in [0.15, 0.2) is 42.6 Å². The number of ether oxygens (including phenoxy) is 1. The SMILES string of the molecule is COc1cc(N2CCN(C(=O)Cn3cccc4cc(O)nc3-4)CC2)ccc1Cl. The third-order valence-electron chi connectivity index (χ3n) is 5.01. The Hall–Kier alpha value is -2.93. The monoisotopic (exact) mass is 400 g/mol. The van der Waals surface area contributed by atoms with Crippen molar-refractivity contribution in [1.29, 1.82) is 0 Å². The van der Waals surface area contributed by atoms with Gasteiger partial charge in [-0.25, -0.2) is 0 Å². The molecule has 8 heteroatoms. The lowest BCUT2D eigenvalue weighted by Gasteiger charge is -2.36. The zero-order valence-corrected chi connectivity index (χ0v) is 16.3. The number of carbonyl (C=O) groups excluding carboxylic acids is 1. The molecule has 4 rings (SSSR count). The number of methoxy groups -OCH3 is 1. The van der Waals surface area contributed by atoms with Crippen LogP contribution in [-0.2, 0) is 11.3 Å². The van der Waals surface area contributed by atoms with E-state index in [1.54, 1.807) is 17.7 Å². The Balaban J connectivity index is 1.40. The zero-order valence-electron chi connectivity index (χ0n) is 15.5. The van der Waals surface area contributed by atoms with Gasteiger partial charge in [-0.3, -0.25) is 4.79 Å². The highest BCUT2D eigenvalue weighted by Gasteiger charge is 2.23. The Bertz CT molecular complexity index is 966. The van der Waals surface area contributed by atoms with E-state index in [1.165, 1.54) is 0 Å². The molecule has 0 bridgehead atoms. The van der Waals surface area contributed by atoms with Crippen molar-refractivity contribution in [1.82, 2.24) is 14.5 Å². The number of halogens is 1. The van der Waals surface area contributed by atoms with Crippen molar-refractivity contribution >= 4 is 23.2 Å². The Morgan fingerprint density at radius 1 is 1.21 bits per heavy atom. The molecular formula is C20H21ClN4O3. The van der Waals surface area contributed by atoms with Crippen LogP contribution in [-0.4, -0.2) is 58.8 Å². The van der Waals surface area contributed by atoms with Crippen LogP contribution in [0.4, 0.5) is 5.69 Å². The lowest BCUT2D eigenvalue weighted by molar-refractivity contribution is -0.132. The maximum Gasteiger partial charge on any atom is 0.242 e. The number of carbonyl (C=O) groups is 1. The molecule has 0 spiro atoms. The summed E-state index contributed by atoms with van der Waals surface area (Å²) in [5.74, 6) is 1.26. The standard InChI is InChI=1S/C20H21ClN4O3/c1-28-17-12-15(4-5-16(17)21)23-7-9-24(10-8-23)19(27)13-25-6-2-3-14-11-18(26)22-20(14)25/h2-6,11-12,26H,7-10,13H2,1H3. The first kappa shape index (κ1) is 18.4. The van der Waals surface area contributed by atoms with Gasteiger partial charge < -0.3 is 24.2 Å². The minimum absolute atomic E-state index is 0.0330. The molecule has 1 aromatic rings. The summed E-state index contributed by atoms with van der Waals surface area (Å²) in [7, 11) is 1.60. The highest BCUT2D eigenvalue weighted by molar-refractivity contribution is 6.32. The van der Waals surface area contributed by atoms with Crippen molar-refractivity contribution in [2.45, 2.75) is 6.54 Å². The number of aromatic hydroxyl groups is 1. The van der Waals surface area contributed by atoms with Crippen molar-refractivity contribution in [3.63, 3.8) is 0 Å². The van der Waals surface area contributed by atoms with E-state index in [9.17, 15) is 9.90 Å². The summed E-state index contributed by atoms with van der Waals surface area (Å²) in [6.45, 7) is 2.95. The van der Waals surface area contributed by atoms with Crippen molar-refractivity contribution in [2.75, 3.05) is 38.2 Å². The molecule has 1 fully saturated rings. The van der Waals surface area contributed by atoms with Crippen LogP contribution in [0.2, 0.25) is 5.02 Å². The number of piperazine rings is 1. The van der Waals surface area contributed by atoms with Crippen LogP contribution < -0.4 is 9.64 Å². The molecule has 3 heterocycles. The maximum atomic E-state index is 12.8.